The zero-order chi connectivity index (χ0) is 13.1. The number of rotatable bonds is 4. The Bertz CT molecular complexity index is 433. The first-order valence-corrected chi connectivity index (χ1v) is 6.28. The Kier molecular flexibility index (Phi) is 3.87. The number of aliphatic carboxylic acids is 1. The van der Waals surface area contributed by atoms with Gasteiger partial charge in [-0.25, -0.2) is 0 Å². The van der Waals surface area contributed by atoms with Gasteiger partial charge >= 0.3 is 5.97 Å². The number of hydrogen-bond acceptors (Lipinski definition) is 3. The Morgan fingerprint density at radius 1 is 1.50 bits per heavy atom. The lowest BCUT2D eigenvalue weighted by atomic mass is 9.92. The van der Waals surface area contributed by atoms with Gasteiger partial charge in [0.25, 0.3) is 0 Å². The van der Waals surface area contributed by atoms with Gasteiger partial charge in [-0.3, -0.25) is 4.79 Å². The number of carboxylic acid groups (broad SMARTS) is 1. The van der Waals surface area contributed by atoms with E-state index in [2.05, 4.69) is 4.90 Å². The number of fused-ring (bicyclic) bond motifs is 1. The molecule has 2 unspecified atom stereocenters. The van der Waals surface area contributed by atoms with Gasteiger partial charge in [0.15, 0.2) is 0 Å². The lowest BCUT2D eigenvalue weighted by molar-refractivity contribution is -0.141. The predicted octanol–water partition coefficient (Wildman–Crippen LogP) is 1.38. The number of aliphatic hydroxyl groups is 1. The van der Waals surface area contributed by atoms with Crippen molar-refractivity contribution >= 4 is 11.7 Å². The lowest BCUT2D eigenvalue weighted by Gasteiger charge is -2.35. The van der Waals surface area contributed by atoms with E-state index in [9.17, 15) is 9.90 Å². The largest absolute Gasteiger partial charge is 0.481 e. The molecule has 4 nitrogen and oxygen atoms in total. The highest BCUT2D eigenvalue weighted by Gasteiger charge is 2.29. The summed E-state index contributed by atoms with van der Waals surface area (Å²) >= 11 is 0. The summed E-state index contributed by atoms with van der Waals surface area (Å²) < 4.78 is 0. The van der Waals surface area contributed by atoms with Crippen LogP contribution in [0.5, 0.6) is 0 Å². The van der Waals surface area contributed by atoms with Crippen LogP contribution in [0.3, 0.4) is 0 Å². The van der Waals surface area contributed by atoms with Crippen molar-refractivity contribution in [3.63, 3.8) is 0 Å². The summed E-state index contributed by atoms with van der Waals surface area (Å²) in [6, 6.07) is 7.92. The second-order valence-corrected chi connectivity index (χ2v) is 5.06. The van der Waals surface area contributed by atoms with Crippen molar-refractivity contribution in [1.82, 2.24) is 0 Å². The van der Waals surface area contributed by atoms with E-state index in [0.29, 0.717) is 19.5 Å². The fourth-order valence-electron chi connectivity index (χ4n) is 2.46. The number of benzene rings is 1. The molecule has 0 bridgehead atoms. The summed E-state index contributed by atoms with van der Waals surface area (Å²) in [5.74, 6) is -0.956. The molecule has 0 spiro atoms. The number of hydrogen-bond donors (Lipinski definition) is 2. The van der Waals surface area contributed by atoms with Crippen LogP contribution in [0, 0.1) is 11.8 Å². The van der Waals surface area contributed by atoms with Crippen molar-refractivity contribution < 1.29 is 15.0 Å². The second-order valence-electron chi connectivity index (χ2n) is 5.06. The quantitative estimate of drug-likeness (QED) is 0.846. The van der Waals surface area contributed by atoms with Gasteiger partial charge in [0.05, 0.1) is 5.92 Å². The molecular formula is C14H19NO3. The van der Waals surface area contributed by atoms with Crippen molar-refractivity contribution in [2.75, 3.05) is 24.6 Å². The van der Waals surface area contributed by atoms with E-state index in [4.69, 9.17) is 5.11 Å². The second kappa shape index (κ2) is 5.40. The fraction of sp³-hybridized carbons (Fsp3) is 0.500. The average Bonchev–Trinajstić information content (AvgIpc) is 2.38. The maximum Gasteiger partial charge on any atom is 0.308 e. The zero-order valence-electron chi connectivity index (χ0n) is 10.5. The molecule has 2 rings (SSSR count). The van der Waals surface area contributed by atoms with Gasteiger partial charge in [-0.15, -0.1) is 0 Å². The van der Waals surface area contributed by atoms with Crippen LogP contribution in [-0.2, 0) is 11.2 Å². The normalized spacial score (nSPS) is 20.3. The summed E-state index contributed by atoms with van der Waals surface area (Å²) in [5.41, 5.74) is 2.19. The number of anilines is 1. The van der Waals surface area contributed by atoms with Crippen LogP contribution in [0.15, 0.2) is 24.3 Å². The van der Waals surface area contributed by atoms with Crippen molar-refractivity contribution in [2.45, 2.75) is 13.3 Å². The molecule has 0 amide bonds. The van der Waals surface area contributed by atoms with Crippen LogP contribution in [0.25, 0.3) is 0 Å². The number of carbonyl (C=O) groups is 1. The van der Waals surface area contributed by atoms with E-state index < -0.39 is 5.97 Å². The van der Waals surface area contributed by atoms with Gasteiger partial charge in [0, 0.05) is 25.4 Å². The Hall–Kier alpha value is -1.55. The SMILES string of the molecule is CC(CO)CN1CC(C(=O)O)Cc2ccccc21. The van der Waals surface area contributed by atoms with Gasteiger partial charge in [-0.2, -0.15) is 0 Å². The fourth-order valence-corrected chi connectivity index (χ4v) is 2.46. The summed E-state index contributed by atoms with van der Waals surface area (Å²) in [5, 5.41) is 18.3. The Labute approximate surface area is 107 Å². The van der Waals surface area contributed by atoms with Gasteiger partial charge in [0.2, 0.25) is 0 Å². The Morgan fingerprint density at radius 3 is 2.89 bits per heavy atom. The minimum Gasteiger partial charge on any atom is -0.481 e. The molecule has 18 heavy (non-hydrogen) atoms. The first kappa shape index (κ1) is 12.9. The van der Waals surface area contributed by atoms with Crippen molar-refractivity contribution in [3.8, 4) is 0 Å². The van der Waals surface area contributed by atoms with E-state index in [0.717, 1.165) is 11.3 Å². The molecule has 0 saturated heterocycles. The smallest absolute Gasteiger partial charge is 0.308 e. The molecular weight excluding hydrogens is 230 g/mol. The zero-order valence-corrected chi connectivity index (χ0v) is 10.5. The van der Waals surface area contributed by atoms with Crippen LogP contribution in [0.4, 0.5) is 5.69 Å². The highest BCUT2D eigenvalue weighted by molar-refractivity contribution is 5.73. The van der Waals surface area contributed by atoms with Gasteiger partial charge in [-0.05, 0) is 24.0 Å². The Balaban J connectivity index is 2.24. The molecule has 0 saturated carbocycles. The van der Waals surface area contributed by atoms with Crippen LogP contribution in [0.2, 0.25) is 0 Å². The first-order chi connectivity index (χ1) is 8.61. The minimum atomic E-state index is -0.744. The maximum absolute atomic E-state index is 11.2. The lowest BCUT2D eigenvalue weighted by Crippen LogP contribution is -2.41. The number of para-hydroxylation sites is 1. The predicted molar refractivity (Wildman–Crippen MR) is 69.7 cm³/mol. The van der Waals surface area contributed by atoms with E-state index in [-0.39, 0.29) is 18.4 Å². The molecule has 0 radical (unpaired) electrons. The highest BCUT2D eigenvalue weighted by Crippen LogP contribution is 2.30. The van der Waals surface area contributed by atoms with Crippen LogP contribution >= 0.6 is 0 Å². The molecule has 4 heteroatoms. The average molecular weight is 249 g/mol. The number of nitrogens with zero attached hydrogens (tertiary/aromatic N) is 1. The van der Waals surface area contributed by atoms with E-state index in [1.807, 2.05) is 31.2 Å². The molecule has 1 aliphatic rings. The minimum absolute atomic E-state index is 0.121. The first-order valence-electron chi connectivity index (χ1n) is 6.28. The molecule has 0 aliphatic carbocycles. The number of aliphatic hydroxyl groups excluding tert-OH is 1. The summed E-state index contributed by atoms with van der Waals surface area (Å²) in [7, 11) is 0. The number of carboxylic acids is 1. The topological polar surface area (TPSA) is 60.8 Å². The summed E-state index contributed by atoms with van der Waals surface area (Å²) in [6.07, 6.45) is 0.593. The van der Waals surface area contributed by atoms with Crippen LogP contribution in [-0.4, -0.2) is 35.9 Å². The molecule has 0 fully saturated rings. The van der Waals surface area contributed by atoms with E-state index >= 15 is 0 Å². The molecule has 98 valence electrons. The molecule has 2 atom stereocenters. The van der Waals surface area contributed by atoms with Crippen molar-refractivity contribution in [1.29, 1.82) is 0 Å². The van der Waals surface area contributed by atoms with Gasteiger partial charge in [0.1, 0.15) is 0 Å². The third-order valence-electron chi connectivity index (χ3n) is 3.43. The summed E-state index contributed by atoms with van der Waals surface area (Å²) in [6.45, 7) is 3.30. The maximum atomic E-state index is 11.2. The monoisotopic (exact) mass is 249 g/mol. The molecule has 1 heterocycles. The van der Waals surface area contributed by atoms with Gasteiger partial charge in [-0.1, -0.05) is 25.1 Å². The van der Waals surface area contributed by atoms with Gasteiger partial charge < -0.3 is 15.1 Å². The molecule has 1 aromatic carbocycles. The third kappa shape index (κ3) is 2.64. The molecule has 1 aromatic rings. The van der Waals surface area contributed by atoms with Crippen molar-refractivity contribution in [2.24, 2.45) is 11.8 Å². The van der Waals surface area contributed by atoms with Crippen LogP contribution < -0.4 is 4.90 Å². The molecule has 2 N–H and O–H groups in total. The van der Waals surface area contributed by atoms with E-state index in [1.165, 1.54) is 0 Å². The van der Waals surface area contributed by atoms with E-state index in [1.54, 1.807) is 0 Å². The summed E-state index contributed by atoms with van der Waals surface area (Å²) in [4.78, 5) is 13.3. The molecule has 1 aliphatic heterocycles. The Morgan fingerprint density at radius 2 is 2.22 bits per heavy atom. The standard InChI is InChI=1S/C14H19NO3/c1-10(9-16)7-15-8-12(14(17)18)6-11-4-2-3-5-13(11)15/h2-5,10,12,16H,6-9H2,1H3,(H,17,18). The molecule has 0 aromatic heterocycles. The van der Waals surface area contributed by atoms with Crippen LogP contribution in [0.1, 0.15) is 12.5 Å². The van der Waals surface area contributed by atoms with Crippen molar-refractivity contribution in [3.05, 3.63) is 29.8 Å². The highest BCUT2D eigenvalue weighted by atomic mass is 16.4. The third-order valence-corrected chi connectivity index (χ3v) is 3.43.